The number of halogens is 2. The van der Waals surface area contributed by atoms with Crippen molar-refractivity contribution in [2.45, 2.75) is 5.03 Å². The maximum atomic E-state index is 13.2. The second kappa shape index (κ2) is 10.3. The van der Waals surface area contributed by atoms with Crippen LogP contribution < -0.4 is 19.5 Å². The van der Waals surface area contributed by atoms with E-state index in [2.05, 4.69) is 15.5 Å². The number of methoxy groups -OCH3 is 3. The van der Waals surface area contributed by atoms with E-state index in [1.807, 2.05) is 0 Å². The normalized spacial score (nSPS) is 10.5. The van der Waals surface area contributed by atoms with E-state index in [4.69, 9.17) is 25.8 Å². The summed E-state index contributed by atoms with van der Waals surface area (Å²) < 4.78 is 29.2. The van der Waals surface area contributed by atoms with Crippen molar-refractivity contribution in [2.24, 2.45) is 0 Å². The van der Waals surface area contributed by atoms with E-state index in [0.717, 1.165) is 5.56 Å². The topological polar surface area (TPSA) is 82.6 Å². The third-order valence-corrected chi connectivity index (χ3v) is 5.36. The monoisotopic (exact) mass is 463 g/mol. The Morgan fingerprint density at radius 2 is 1.74 bits per heavy atom. The highest BCUT2D eigenvalue weighted by molar-refractivity contribution is 7.99. The lowest BCUT2D eigenvalue weighted by Crippen LogP contribution is -2.14. The Balaban J connectivity index is 1.66. The highest BCUT2D eigenvalue weighted by Crippen LogP contribution is 2.40. The fraction of sp³-hybridized carbons (Fsp3) is 0.190. The predicted octanol–water partition coefficient (Wildman–Crippen LogP) is 4.69. The summed E-state index contributed by atoms with van der Waals surface area (Å²) in [7, 11) is 4.61. The van der Waals surface area contributed by atoms with Crippen molar-refractivity contribution in [2.75, 3.05) is 32.4 Å². The molecule has 1 aromatic heterocycles. The van der Waals surface area contributed by atoms with Crippen LogP contribution in [-0.4, -0.2) is 43.2 Å². The number of hydrogen-bond donors (Lipinski definition) is 1. The van der Waals surface area contributed by atoms with Gasteiger partial charge in [-0.1, -0.05) is 23.4 Å². The molecule has 1 N–H and O–H groups in total. The number of carbonyl (C=O) groups excluding carboxylic acids is 1. The highest BCUT2D eigenvalue weighted by atomic mass is 35.5. The maximum absolute atomic E-state index is 13.2. The smallest absolute Gasteiger partial charge is 0.234 e. The molecule has 0 atom stereocenters. The van der Waals surface area contributed by atoms with E-state index in [0.29, 0.717) is 33.7 Å². The average molecular weight is 464 g/mol. The molecule has 2 aromatic carbocycles. The molecule has 3 rings (SSSR count). The molecular weight excluding hydrogens is 445 g/mol. The van der Waals surface area contributed by atoms with Gasteiger partial charge in [0.2, 0.25) is 11.7 Å². The van der Waals surface area contributed by atoms with Gasteiger partial charge in [0.15, 0.2) is 11.5 Å². The Bertz CT molecular complexity index is 1060. The minimum absolute atomic E-state index is 0.0568. The number of hydrogen-bond acceptors (Lipinski definition) is 7. The van der Waals surface area contributed by atoms with E-state index in [1.165, 1.54) is 51.3 Å². The van der Waals surface area contributed by atoms with Gasteiger partial charge in [-0.25, -0.2) is 4.39 Å². The van der Waals surface area contributed by atoms with Crippen LogP contribution in [0.2, 0.25) is 5.02 Å². The minimum Gasteiger partial charge on any atom is -0.493 e. The number of nitrogens with zero attached hydrogens (tertiary/aromatic N) is 2. The molecular formula is C21H19ClFN3O4S. The number of benzene rings is 2. The fourth-order valence-corrected chi connectivity index (χ4v) is 3.48. The van der Waals surface area contributed by atoms with Crippen LogP contribution in [0.15, 0.2) is 47.5 Å². The predicted molar refractivity (Wildman–Crippen MR) is 118 cm³/mol. The number of nitrogens with one attached hydrogen (secondary N) is 1. The van der Waals surface area contributed by atoms with Gasteiger partial charge in [0.25, 0.3) is 0 Å². The second-order valence-electron chi connectivity index (χ2n) is 6.14. The Morgan fingerprint density at radius 1 is 1.03 bits per heavy atom. The van der Waals surface area contributed by atoms with E-state index in [9.17, 15) is 9.18 Å². The number of carbonyl (C=O) groups is 1. The molecule has 0 radical (unpaired) electrons. The fourth-order valence-electron chi connectivity index (χ4n) is 2.69. The first-order valence-corrected chi connectivity index (χ1v) is 10.3. The Labute approximate surface area is 187 Å². The quantitative estimate of drug-likeness (QED) is 0.485. The second-order valence-corrected chi connectivity index (χ2v) is 7.54. The number of rotatable bonds is 8. The molecule has 0 saturated carbocycles. The van der Waals surface area contributed by atoms with Gasteiger partial charge >= 0.3 is 0 Å². The summed E-state index contributed by atoms with van der Waals surface area (Å²) in [5, 5.41) is 11.6. The SMILES string of the molecule is COc1cc(-c2ccc(SCC(=O)Nc3ccc(F)c(Cl)c3)nn2)cc(OC)c1OC. The lowest BCUT2D eigenvalue weighted by atomic mass is 10.1. The van der Waals surface area contributed by atoms with Crippen LogP contribution >= 0.6 is 23.4 Å². The first kappa shape index (κ1) is 22.6. The van der Waals surface area contributed by atoms with Crippen LogP contribution in [0.1, 0.15) is 0 Å². The molecule has 0 aliphatic carbocycles. The standard InChI is InChI=1S/C21H19ClFN3O4S/c1-28-17-8-12(9-18(29-2)21(17)30-3)16-6-7-20(26-25-16)31-11-19(27)24-13-4-5-15(23)14(22)10-13/h4-10H,11H2,1-3H3,(H,24,27). The zero-order valence-corrected chi connectivity index (χ0v) is 18.5. The van der Waals surface area contributed by atoms with E-state index < -0.39 is 5.82 Å². The van der Waals surface area contributed by atoms with E-state index >= 15 is 0 Å². The molecule has 1 heterocycles. The van der Waals surface area contributed by atoms with Crippen molar-refractivity contribution in [3.63, 3.8) is 0 Å². The zero-order chi connectivity index (χ0) is 22.4. The number of ether oxygens (including phenoxy) is 3. The summed E-state index contributed by atoms with van der Waals surface area (Å²) in [5.74, 6) is 0.791. The molecule has 3 aromatic rings. The largest absolute Gasteiger partial charge is 0.493 e. The molecule has 10 heteroatoms. The molecule has 0 aliphatic heterocycles. The minimum atomic E-state index is -0.545. The molecule has 31 heavy (non-hydrogen) atoms. The summed E-state index contributed by atoms with van der Waals surface area (Å²) in [5.41, 5.74) is 1.76. The molecule has 7 nitrogen and oxygen atoms in total. The van der Waals surface area contributed by atoms with Crippen molar-refractivity contribution in [3.05, 3.63) is 53.3 Å². The van der Waals surface area contributed by atoms with Crippen LogP contribution in [0.25, 0.3) is 11.3 Å². The zero-order valence-electron chi connectivity index (χ0n) is 16.9. The number of aromatic nitrogens is 2. The summed E-state index contributed by atoms with van der Waals surface area (Å²) in [6, 6.07) is 11.1. The maximum Gasteiger partial charge on any atom is 0.234 e. The van der Waals surface area contributed by atoms with Gasteiger partial charge in [0.1, 0.15) is 10.8 Å². The van der Waals surface area contributed by atoms with Crippen LogP contribution in [0.4, 0.5) is 10.1 Å². The first-order chi connectivity index (χ1) is 14.9. The van der Waals surface area contributed by atoms with Crippen LogP contribution in [0.5, 0.6) is 17.2 Å². The summed E-state index contributed by atoms with van der Waals surface area (Å²) in [6.45, 7) is 0. The average Bonchev–Trinajstić information content (AvgIpc) is 2.79. The third kappa shape index (κ3) is 5.56. The molecule has 0 saturated heterocycles. The van der Waals surface area contributed by atoms with E-state index in [1.54, 1.807) is 24.3 Å². The van der Waals surface area contributed by atoms with Crippen molar-refractivity contribution in [1.29, 1.82) is 0 Å². The van der Waals surface area contributed by atoms with Gasteiger partial charge in [0, 0.05) is 11.3 Å². The van der Waals surface area contributed by atoms with Gasteiger partial charge in [-0.2, -0.15) is 0 Å². The van der Waals surface area contributed by atoms with Gasteiger partial charge in [-0.15, -0.1) is 10.2 Å². The van der Waals surface area contributed by atoms with Crippen molar-refractivity contribution in [3.8, 4) is 28.5 Å². The third-order valence-electron chi connectivity index (χ3n) is 4.16. The Kier molecular flexibility index (Phi) is 7.54. The van der Waals surface area contributed by atoms with Crippen LogP contribution in [0, 0.1) is 5.82 Å². The van der Waals surface area contributed by atoms with Crippen molar-refractivity contribution < 1.29 is 23.4 Å². The van der Waals surface area contributed by atoms with Gasteiger partial charge in [-0.05, 0) is 42.5 Å². The Hall–Kier alpha value is -3.04. The molecule has 0 fully saturated rings. The molecule has 1 amide bonds. The molecule has 0 bridgehead atoms. The van der Waals surface area contributed by atoms with Gasteiger partial charge < -0.3 is 19.5 Å². The summed E-state index contributed by atoms with van der Waals surface area (Å²) in [6.07, 6.45) is 0. The molecule has 0 spiro atoms. The summed E-state index contributed by atoms with van der Waals surface area (Å²) in [4.78, 5) is 12.1. The van der Waals surface area contributed by atoms with Crippen LogP contribution in [0.3, 0.4) is 0 Å². The molecule has 162 valence electrons. The molecule has 0 aliphatic rings. The number of anilines is 1. The lowest BCUT2D eigenvalue weighted by molar-refractivity contribution is -0.113. The van der Waals surface area contributed by atoms with Crippen molar-refractivity contribution >= 4 is 35.0 Å². The van der Waals surface area contributed by atoms with Crippen molar-refractivity contribution in [1.82, 2.24) is 10.2 Å². The highest BCUT2D eigenvalue weighted by Gasteiger charge is 2.15. The summed E-state index contributed by atoms with van der Waals surface area (Å²) >= 11 is 6.94. The van der Waals surface area contributed by atoms with E-state index in [-0.39, 0.29) is 16.7 Å². The number of amides is 1. The Morgan fingerprint density at radius 3 is 2.29 bits per heavy atom. The molecule has 0 unspecified atom stereocenters. The van der Waals surface area contributed by atoms with Gasteiger partial charge in [0.05, 0.1) is 37.8 Å². The first-order valence-electron chi connectivity index (χ1n) is 8.97. The number of thioether (sulfide) groups is 1. The van der Waals surface area contributed by atoms with Crippen LogP contribution in [-0.2, 0) is 4.79 Å². The van der Waals surface area contributed by atoms with Gasteiger partial charge in [-0.3, -0.25) is 4.79 Å². The lowest BCUT2D eigenvalue weighted by Gasteiger charge is -2.13.